The summed E-state index contributed by atoms with van der Waals surface area (Å²) in [4.78, 5) is 19.5. The minimum Gasteiger partial charge on any atom is -0.466 e. The summed E-state index contributed by atoms with van der Waals surface area (Å²) in [5.74, 6) is 6.67. The second kappa shape index (κ2) is 9.08. The molecule has 1 aromatic heterocycles. The van der Waals surface area contributed by atoms with Gasteiger partial charge in [0.2, 0.25) is 0 Å². The van der Waals surface area contributed by atoms with Crippen LogP contribution in [0.3, 0.4) is 0 Å². The third-order valence-corrected chi connectivity index (χ3v) is 2.74. The summed E-state index contributed by atoms with van der Waals surface area (Å²) in [7, 11) is 0. The van der Waals surface area contributed by atoms with Crippen LogP contribution in [0.1, 0.15) is 38.7 Å². The summed E-state index contributed by atoms with van der Waals surface area (Å²) >= 11 is 0. The molecule has 0 aliphatic heterocycles. The van der Waals surface area contributed by atoms with Gasteiger partial charge in [-0.25, -0.2) is 15.8 Å². The smallest absolute Gasteiger partial charge is 0.305 e. The molecule has 20 heavy (non-hydrogen) atoms. The molecule has 0 radical (unpaired) electrons. The van der Waals surface area contributed by atoms with E-state index in [1.165, 1.54) is 6.33 Å². The average Bonchev–Trinajstić information content (AvgIpc) is 2.45. The van der Waals surface area contributed by atoms with Crippen molar-refractivity contribution in [3.05, 3.63) is 11.9 Å². The zero-order valence-electron chi connectivity index (χ0n) is 12.1. The summed E-state index contributed by atoms with van der Waals surface area (Å²) in [6.07, 6.45) is 4.36. The fourth-order valence-electron chi connectivity index (χ4n) is 1.85. The van der Waals surface area contributed by atoms with Crippen LogP contribution in [0.4, 0.5) is 11.6 Å². The molecule has 7 nitrogen and oxygen atoms in total. The topological polar surface area (TPSA) is 102 Å². The van der Waals surface area contributed by atoms with Crippen molar-refractivity contribution >= 4 is 17.6 Å². The molecular formula is C13H23N5O2. The highest BCUT2D eigenvalue weighted by atomic mass is 16.5. The lowest BCUT2D eigenvalue weighted by atomic mass is 10.1. The number of nitrogens with one attached hydrogen (secondary N) is 2. The number of hydrogen-bond acceptors (Lipinski definition) is 7. The van der Waals surface area contributed by atoms with Gasteiger partial charge in [0.15, 0.2) is 0 Å². The second-order valence-electron chi connectivity index (χ2n) is 4.28. The van der Waals surface area contributed by atoms with Gasteiger partial charge in [-0.05, 0) is 19.8 Å². The van der Waals surface area contributed by atoms with E-state index >= 15 is 0 Å². The Morgan fingerprint density at radius 1 is 1.35 bits per heavy atom. The minimum atomic E-state index is -0.171. The Morgan fingerprint density at radius 2 is 2.10 bits per heavy atom. The highest BCUT2D eigenvalue weighted by Crippen LogP contribution is 2.20. The maximum atomic E-state index is 11.2. The van der Waals surface area contributed by atoms with Crippen LogP contribution in [0.2, 0.25) is 0 Å². The van der Waals surface area contributed by atoms with E-state index in [1.807, 2.05) is 0 Å². The maximum absolute atomic E-state index is 11.2. The highest BCUT2D eigenvalue weighted by Gasteiger charge is 2.09. The number of nitrogen functional groups attached to an aromatic ring is 1. The van der Waals surface area contributed by atoms with Crippen LogP contribution in [0.15, 0.2) is 6.33 Å². The van der Waals surface area contributed by atoms with Gasteiger partial charge in [0.25, 0.3) is 0 Å². The molecule has 0 saturated heterocycles. The van der Waals surface area contributed by atoms with Gasteiger partial charge in [-0.15, -0.1) is 0 Å². The predicted molar refractivity (Wildman–Crippen MR) is 78.2 cm³/mol. The molecule has 0 bridgehead atoms. The Balaban J connectivity index is 2.52. The van der Waals surface area contributed by atoms with Crippen molar-refractivity contribution in [3.8, 4) is 0 Å². The van der Waals surface area contributed by atoms with Gasteiger partial charge in [-0.1, -0.05) is 13.3 Å². The summed E-state index contributed by atoms with van der Waals surface area (Å²) in [6.45, 7) is 4.95. The van der Waals surface area contributed by atoms with Gasteiger partial charge in [-0.3, -0.25) is 4.79 Å². The molecule has 0 aliphatic rings. The van der Waals surface area contributed by atoms with Crippen molar-refractivity contribution in [1.29, 1.82) is 0 Å². The van der Waals surface area contributed by atoms with Crippen LogP contribution in [-0.4, -0.2) is 29.1 Å². The minimum absolute atomic E-state index is 0.171. The monoisotopic (exact) mass is 281 g/mol. The number of carbonyl (C=O) groups excluding carboxylic acids is 1. The summed E-state index contributed by atoms with van der Waals surface area (Å²) in [6, 6.07) is 0. The van der Waals surface area contributed by atoms with Crippen molar-refractivity contribution in [2.75, 3.05) is 23.9 Å². The predicted octanol–water partition coefficient (Wildman–Crippen LogP) is 1.47. The van der Waals surface area contributed by atoms with Gasteiger partial charge in [0, 0.05) is 18.5 Å². The van der Waals surface area contributed by atoms with E-state index in [1.54, 1.807) is 6.92 Å². The van der Waals surface area contributed by atoms with Crippen LogP contribution < -0.4 is 16.6 Å². The Labute approximate surface area is 119 Å². The number of nitrogens with two attached hydrogens (primary N) is 1. The molecule has 0 saturated carbocycles. The van der Waals surface area contributed by atoms with Crippen LogP contribution in [-0.2, 0) is 16.0 Å². The lowest BCUT2D eigenvalue weighted by Crippen LogP contribution is -2.15. The van der Waals surface area contributed by atoms with Gasteiger partial charge in [0.05, 0.1) is 6.61 Å². The number of esters is 1. The first-order valence-corrected chi connectivity index (χ1v) is 6.92. The molecule has 1 rings (SSSR count). The number of anilines is 2. The maximum Gasteiger partial charge on any atom is 0.305 e. The fraction of sp³-hybridized carbons (Fsp3) is 0.615. The summed E-state index contributed by atoms with van der Waals surface area (Å²) in [5.41, 5.74) is 3.55. The van der Waals surface area contributed by atoms with Gasteiger partial charge >= 0.3 is 5.97 Å². The number of nitrogens with zero attached hydrogens (tertiary/aromatic N) is 2. The van der Waals surface area contributed by atoms with E-state index in [4.69, 9.17) is 10.6 Å². The molecule has 112 valence electrons. The molecule has 0 aromatic carbocycles. The lowest BCUT2D eigenvalue weighted by molar-refractivity contribution is -0.143. The number of ether oxygens (including phenoxy) is 1. The standard InChI is InChI=1S/C13H23N5O2/c1-3-6-10-12(16-9-17-13(10)18-14)15-8-5-7-11(19)20-4-2/h9H,3-8,14H2,1-2H3,(H2,15,16,17,18). The Morgan fingerprint density at radius 3 is 2.75 bits per heavy atom. The Hall–Kier alpha value is -1.89. The first kappa shape index (κ1) is 16.2. The molecule has 0 fully saturated rings. The quantitative estimate of drug-likeness (QED) is 0.272. The van der Waals surface area contributed by atoms with Crippen molar-refractivity contribution < 1.29 is 9.53 Å². The average molecular weight is 281 g/mol. The van der Waals surface area contributed by atoms with E-state index in [0.717, 1.165) is 24.2 Å². The van der Waals surface area contributed by atoms with Crippen LogP contribution >= 0.6 is 0 Å². The van der Waals surface area contributed by atoms with E-state index in [2.05, 4.69) is 27.6 Å². The molecule has 0 atom stereocenters. The molecule has 0 aliphatic carbocycles. The summed E-state index contributed by atoms with van der Waals surface area (Å²) in [5, 5.41) is 3.22. The van der Waals surface area contributed by atoms with E-state index < -0.39 is 0 Å². The Kier molecular flexibility index (Phi) is 7.34. The zero-order chi connectivity index (χ0) is 14.8. The second-order valence-corrected chi connectivity index (χ2v) is 4.28. The van der Waals surface area contributed by atoms with E-state index in [9.17, 15) is 4.79 Å². The van der Waals surface area contributed by atoms with E-state index in [0.29, 0.717) is 31.8 Å². The number of hydrazine groups is 1. The van der Waals surface area contributed by atoms with Gasteiger partial charge < -0.3 is 15.5 Å². The Bertz CT molecular complexity index is 425. The number of hydrogen-bond donors (Lipinski definition) is 3. The lowest BCUT2D eigenvalue weighted by Gasteiger charge is -2.13. The van der Waals surface area contributed by atoms with Crippen LogP contribution in [0.25, 0.3) is 0 Å². The normalized spacial score (nSPS) is 10.2. The highest BCUT2D eigenvalue weighted by molar-refractivity contribution is 5.69. The number of rotatable bonds is 9. The van der Waals surface area contributed by atoms with Crippen LogP contribution in [0, 0.1) is 0 Å². The first-order valence-electron chi connectivity index (χ1n) is 6.92. The molecule has 1 heterocycles. The molecule has 4 N–H and O–H groups in total. The molecule has 0 unspecified atom stereocenters. The number of carbonyl (C=O) groups is 1. The van der Waals surface area contributed by atoms with Crippen LogP contribution in [0.5, 0.6) is 0 Å². The first-order chi connectivity index (χ1) is 9.72. The van der Waals surface area contributed by atoms with Crippen molar-refractivity contribution in [2.45, 2.75) is 39.5 Å². The van der Waals surface area contributed by atoms with Crippen molar-refractivity contribution in [3.63, 3.8) is 0 Å². The van der Waals surface area contributed by atoms with Crippen molar-refractivity contribution in [1.82, 2.24) is 9.97 Å². The van der Waals surface area contributed by atoms with E-state index in [-0.39, 0.29) is 5.97 Å². The molecular weight excluding hydrogens is 258 g/mol. The molecule has 1 aromatic rings. The SMILES string of the molecule is CCCc1c(NN)ncnc1NCCCC(=O)OCC. The van der Waals surface area contributed by atoms with Gasteiger partial charge in [-0.2, -0.15) is 0 Å². The molecule has 0 spiro atoms. The zero-order valence-corrected chi connectivity index (χ0v) is 12.1. The third kappa shape index (κ3) is 5.00. The molecule has 7 heteroatoms. The fourth-order valence-corrected chi connectivity index (χ4v) is 1.85. The third-order valence-electron chi connectivity index (χ3n) is 2.74. The van der Waals surface area contributed by atoms with Gasteiger partial charge in [0.1, 0.15) is 18.0 Å². The largest absolute Gasteiger partial charge is 0.466 e. The number of aromatic nitrogens is 2. The molecule has 0 amide bonds. The van der Waals surface area contributed by atoms with Crippen molar-refractivity contribution in [2.24, 2.45) is 5.84 Å². The summed E-state index contributed by atoms with van der Waals surface area (Å²) < 4.78 is 4.87.